The molecule has 2 aliphatic rings. The Morgan fingerprint density at radius 2 is 2.00 bits per heavy atom. The molecule has 1 aromatic rings. The predicted molar refractivity (Wildman–Crippen MR) is 91.7 cm³/mol. The van der Waals surface area contributed by atoms with Crippen LogP contribution >= 0.6 is 0 Å². The van der Waals surface area contributed by atoms with Gasteiger partial charge in [-0.15, -0.1) is 0 Å². The van der Waals surface area contributed by atoms with E-state index < -0.39 is 10.2 Å². The molecule has 1 atom stereocenters. The molecule has 1 fully saturated rings. The molecule has 24 heavy (non-hydrogen) atoms. The molecular weight excluding hydrogens is 328 g/mol. The van der Waals surface area contributed by atoms with Crippen molar-refractivity contribution in [3.8, 4) is 0 Å². The number of imidazole rings is 1. The van der Waals surface area contributed by atoms with E-state index in [0.717, 1.165) is 18.0 Å². The number of hydrogen-bond donors (Lipinski definition) is 0. The summed E-state index contributed by atoms with van der Waals surface area (Å²) in [5.74, 6) is 0.693. The third-order valence-corrected chi connectivity index (χ3v) is 6.99. The first kappa shape index (κ1) is 17.8. The Hall–Kier alpha value is -0.960. The zero-order valence-corrected chi connectivity index (χ0v) is 15.6. The molecule has 0 amide bonds. The van der Waals surface area contributed by atoms with E-state index >= 15 is 0 Å². The van der Waals surface area contributed by atoms with Crippen LogP contribution in [-0.2, 0) is 28.5 Å². The van der Waals surface area contributed by atoms with Crippen LogP contribution in [0.3, 0.4) is 0 Å². The first-order valence-electron chi connectivity index (χ1n) is 8.65. The number of fused-ring (bicyclic) bond motifs is 1. The summed E-state index contributed by atoms with van der Waals surface area (Å²) in [4.78, 5) is 4.40. The van der Waals surface area contributed by atoms with Gasteiger partial charge in [0.15, 0.2) is 0 Å². The van der Waals surface area contributed by atoms with Gasteiger partial charge in [-0.25, -0.2) is 4.98 Å². The molecule has 1 aliphatic heterocycles. The van der Waals surface area contributed by atoms with Crippen LogP contribution < -0.4 is 0 Å². The summed E-state index contributed by atoms with van der Waals surface area (Å²) in [6, 6.07) is 0. The molecular formula is C16H28N4O3S. The van der Waals surface area contributed by atoms with Crippen LogP contribution in [0, 0.1) is 5.92 Å². The quantitative estimate of drug-likeness (QED) is 0.771. The molecule has 1 aliphatic carbocycles. The fourth-order valence-electron chi connectivity index (χ4n) is 3.79. The third-order valence-electron chi connectivity index (χ3n) is 5.13. The van der Waals surface area contributed by atoms with Crippen LogP contribution in [-0.4, -0.2) is 60.4 Å². The lowest BCUT2D eigenvalue weighted by Crippen LogP contribution is -2.45. The van der Waals surface area contributed by atoms with Crippen molar-refractivity contribution < 1.29 is 13.2 Å². The van der Waals surface area contributed by atoms with Gasteiger partial charge < -0.3 is 9.30 Å². The lowest BCUT2D eigenvalue weighted by Gasteiger charge is -2.33. The molecule has 3 rings (SSSR count). The number of hydrogen-bond acceptors (Lipinski definition) is 4. The highest BCUT2D eigenvalue weighted by Gasteiger charge is 2.36. The van der Waals surface area contributed by atoms with Crippen molar-refractivity contribution >= 4 is 10.2 Å². The van der Waals surface area contributed by atoms with Crippen LogP contribution in [0.25, 0.3) is 0 Å². The number of nitrogens with zero attached hydrogens (tertiary/aromatic N) is 4. The van der Waals surface area contributed by atoms with Crippen molar-refractivity contribution in [2.45, 2.75) is 38.1 Å². The molecule has 1 aromatic heterocycles. The first-order chi connectivity index (χ1) is 11.4. The van der Waals surface area contributed by atoms with E-state index in [1.165, 1.54) is 34.3 Å². The average molecular weight is 356 g/mol. The maximum Gasteiger partial charge on any atom is 0.281 e. The van der Waals surface area contributed by atoms with Crippen molar-refractivity contribution in [1.29, 1.82) is 0 Å². The molecule has 0 spiro atoms. The molecule has 0 aromatic carbocycles. The van der Waals surface area contributed by atoms with Gasteiger partial charge in [0.2, 0.25) is 0 Å². The molecule has 0 radical (unpaired) electrons. The molecule has 0 saturated heterocycles. The summed E-state index contributed by atoms with van der Waals surface area (Å²) in [5.41, 5.74) is 1.94. The molecule has 1 saturated carbocycles. The first-order valence-corrected chi connectivity index (χ1v) is 10.0. The Bertz CT molecular complexity index is 665. The molecule has 7 nitrogen and oxygen atoms in total. The van der Waals surface area contributed by atoms with Gasteiger partial charge in [-0.05, 0) is 18.8 Å². The van der Waals surface area contributed by atoms with Gasteiger partial charge in [-0.1, -0.05) is 12.8 Å². The zero-order chi connectivity index (χ0) is 17.3. The summed E-state index contributed by atoms with van der Waals surface area (Å²) in [6.45, 7) is 2.10. The van der Waals surface area contributed by atoms with Gasteiger partial charge in [-0.3, -0.25) is 0 Å². The van der Waals surface area contributed by atoms with Crippen LogP contribution in [0.15, 0.2) is 6.33 Å². The number of rotatable bonds is 6. The fourth-order valence-corrected chi connectivity index (χ4v) is 4.91. The smallest absolute Gasteiger partial charge is 0.281 e. The summed E-state index contributed by atoms with van der Waals surface area (Å²) < 4.78 is 35.8. The fraction of sp³-hybridized carbons (Fsp3) is 0.812. The highest BCUT2D eigenvalue weighted by molar-refractivity contribution is 7.86. The highest BCUT2D eigenvalue weighted by Crippen LogP contribution is 2.30. The van der Waals surface area contributed by atoms with Gasteiger partial charge >= 0.3 is 0 Å². The predicted octanol–water partition coefficient (Wildman–Crippen LogP) is 1.33. The van der Waals surface area contributed by atoms with Gasteiger partial charge in [0, 0.05) is 45.9 Å². The van der Waals surface area contributed by atoms with Crippen molar-refractivity contribution in [1.82, 2.24) is 18.2 Å². The second-order valence-electron chi connectivity index (χ2n) is 7.15. The van der Waals surface area contributed by atoms with E-state index in [-0.39, 0.29) is 5.92 Å². The van der Waals surface area contributed by atoms with E-state index in [1.54, 1.807) is 20.4 Å². The normalized spacial score (nSPS) is 23.1. The Kier molecular flexibility index (Phi) is 5.29. The highest BCUT2D eigenvalue weighted by atomic mass is 32.2. The monoisotopic (exact) mass is 356 g/mol. The van der Waals surface area contributed by atoms with Crippen molar-refractivity contribution in [2.24, 2.45) is 13.0 Å². The minimum atomic E-state index is -3.45. The standard InChI is InChI=1S/C16H28N4O3S/c1-18(2)24(21,22)20-8-14(11-23-10-13-6-4-5-7-13)16-15(9-20)17-12-19(16)3/h12-14H,4-11H2,1-3H3/t14-/m0/s1. The largest absolute Gasteiger partial charge is 0.380 e. The molecule has 0 bridgehead atoms. The second-order valence-corrected chi connectivity index (χ2v) is 9.30. The van der Waals surface area contributed by atoms with E-state index in [1.807, 2.05) is 11.6 Å². The maximum atomic E-state index is 12.5. The van der Waals surface area contributed by atoms with Crippen molar-refractivity contribution in [2.75, 3.05) is 33.9 Å². The van der Waals surface area contributed by atoms with E-state index in [9.17, 15) is 8.42 Å². The summed E-state index contributed by atoms with van der Waals surface area (Å²) >= 11 is 0. The van der Waals surface area contributed by atoms with Gasteiger partial charge in [0.1, 0.15) is 0 Å². The van der Waals surface area contributed by atoms with Crippen LogP contribution in [0.1, 0.15) is 43.0 Å². The van der Waals surface area contributed by atoms with Crippen molar-refractivity contribution in [3.63, 3.8) is 0 Å². The van der Waals surface area contributed by atoms with E-state index in [4.69, 9.17) is 4.74 Å². The van der Waals surface area contributed by atoms with Crippen LogP contribution in [0.4, 0.5) is 0 Å². The van der Waals surface area contributed by atoms with Crippen LogP contribution in [0.5, 0.6) is 0 Å². The average Bonchev–Trinajstić information content (AvgIpc) is 3.17. The topological polar surface area (TPSA) is 67.7 Å². The van der Waals surface area contributed by atoms with Gasteiger partial charge in [-0.2, -0.15) is 17.0 Å². The Morgan fingerprint density at radius 3 is 2.67 bits per heavy atom. The second kappa shape index (κ2) is 7.11. The Labute approximate surface area is 144 Å². The lowest BCUT2D eigenvalue weighted by molar-refractivity contribution is 0.0805. The number of ether oxygens (including phenoxy) is 1. The maximum absolute atomic E-state index is 12.5. The van der Waals surface area contributed by atoms with Gasteiger partial charge in [0.05, 0.1) is 25.2 Å². The summed E-state index contributed by atoms with van der Waals surface area (Å²) in [6.07, 6.45) is 6.88. The minimum absolute atomic E-state index is 0.0254. The van der Waals surface area contributed by atoms with E-state index in [2.05, 4.69) is 4.98 Å². The summed E-state index contributed by atoms with van der Waals surface area (Å²) in [7, 11) is 1.65. The molecule has 0 N–H and O–H groups in total. The summed E-state index contributed by atoms with van der Waals surface area (Å²) in [5, 5.41) is 0. The number of aryl methyl sites for hydroxylation is 1. The SMILES string of the molecule is CN(C)S(=O)(=O)N1Cc2ncn(C)c2[C@H](COCC2CCCC2)C1. The van der Waals surface area contributed by atoms with Gasteiger partial charge in [0.25, 0.3) is 10.2 Å². The number of aromatic nitrogens is 2. The molecule has 8 heteroatoms. The minimum Gasteiger partial charge on any atom is -0.380 e. The lowest BCUT2D eigenvalue weighted by atomic mass is 10.0. The zero-order valence-electron chi connectivity index (χ0n) is 14.8. The molecule has 136 valence electrons. The molecule has 0 unspecified atom stereocenters. The van der Waals surface area contributed by atoms with Crippen LogP contribution in [0.2, 0.25) is 0 Å². The van der Waals surface area contributed by atoms with E-state index in [0.29, 0.717) is 25.6 Å². The van der Waals surface area contributed by atoms with Crippen molar-refractivity contribution in [3.05, 3.63) is 17.7 Å². The third kappa shape index (κ3) is 3.51. The Balaban J connectivity index is 1.72. The Morgan fingerprint density at radius 1 is 1.29 bits per heavy atom. The molecule has 2 heterocycles.